The van der Waals surface area contributed by atoms with E-state index < -0.39 is 0 Å². The van der Waals surface area contributed by atoms with E-state index in [2.05, 4.69) is 22.3 Å². The minimum absolute atomic E-state index is 0.481. The van der Waals surface area contributed by atoms with Crippen LogP contribution in [0.3, 0.4) is 0 Å². The third kappa shape index (κ3) is 1.80. The number of hydrogen-bond acceptors (Lipinski definition) is 3. The molecular formula is C10H18N4. The fourth-order valence-electron chi connectivity index (χ4n) is 1.99. The van der Waals surface area contributed by atoms with E-state index in [0.29, 0.717) is 5.41 Å². The third-order valence-corrected chi connectivity index (χ3v) is 3.04. The quantitative estimate of drug-likeness (QED) is 0.755. The standard InChI is InChI=1S/C10H18N4/c1-3-14-9(12-8-13-14)6-10(4-5-10)7-11-2/h8,11H,3-7H2,1-2H3. The van der Waals surface area contributed by atoms with Gasteiger partial charge in [0.2, 0.25) is 0 Å². The summed E-state index contributed by atoms with van der Waals surface area (Å²) in [5.74, 6) is 1.14. The van der Waals surface area contributed by atoms with E-state index in [4.69, 9.17) is 0 Å². The van der Waals surface area contributed by atoms with Crippen LogP contribution in [0.25, 0.3) is 0 Å². The van der Waals surface area contributed by atoms with Gasteiger partial charge in [-0.25, -0.2) is 4.98 Å². The second-order valence-corrected chi connectivity index (χ2v) is 4.20. The van der Waals surface area contributed by atoms with Crippen molar-refractivity contribution in [1.82, 2.24) is 20.1 Å². The smallest absolute Gasteiger partial charge is 0.138 e. The molecule has 1 saturated carbocycles. The Balaban J connectivity index is 2.03. The molecule has 0 aromatic carbocycles. The summed E-state index contributed by atoms with van der Waals surface area (Å²) < 4.78 is 2.00. The lowest BCUT2D eigenvalue weighted by atomic mass is 10.0. The zero-order chi connectivity index (χ0) is 10.0. The van der Waals surface area contributed by atoms with Crippen molar-refractivity contribution in [3.8, 4) is 0 Å². The summed E-state index contributed by atoms with van der Waals surface area (Å²) in [7, 11) is 2.02. The van der Waals surface area contributed by atoms with Gasteiger partial charge in [-0.2, -0.15) is 5.10 Å². The maximum Gasteiger partial charge on any atom is 0.138 e. The molecule has 0 radical (unpaired) electrons. The van der Waals surface area contributed by atoms with E-state index in [1.807, 2.05) is 11.7 Å². The first-order valence-electron chi connectivity index (χ1n) is 5.31. The lowest BCUT2D eigenvalue weighted by molar-refractivity contribution is 0.449. The minimum Gasteiger partial charge on any atom is -0.319 e. The highest BCUT2D eigenvalue weighted by Gasteiger charge is 2.42. The summed E-state index contributed by atoms with van der Waals surface area (Å²) in [6.45, 7) is 4.13. The Bertz CT molecular complexity index is 301. The second-order valence-electron chi connectivity index (χ2n) is 4.20. The van der Waals surface area contributed by atoms with Gasteiger partial charge in [0.1, 0.15) is 12.2 Å². The molecule has 0 aliphatic heterocycles. The first-order chi connectivity index (χ1) is 6.79. The average Bonchev–Trinajstić information content (AvgIpc) is 2.79. The predicted octanol–water partition coefficient (Wildman–Crippen LogP) is 0.840. The maximum absolute atomic E-state index is 4.32. The van der Waals surface area contributed by atoms with Gasteiger partial charge in [0.05, 0.1) is 0 Å². The summed E-state index contributed by atoms with van der Waals surface area (Å²) in [6.07, 6.45) is 5.38. The van der Waals surface area contributed by atoms with Crippen LogP contribution in [0.2, 0.25) is 0 Å². The molecule has 4 nitrogen and oxygen atoms in total. The first kappa shape index (κ1) is 9.65. The molecule has 78 valence electrons. The Hall–Kier alpha value is -0.900. The van der Waals surface area contributed by atoms with Crippen molar-refractivity contribution in [2.24, 2.45) is 5.41 Å². The molecule has 0 unspecified atom stereocenters. The van der Waals surface area contributed by atoms with E-state index in [0.717, 1.165) is 25.3 Å². The highest BCUT2D eigenvalue weighted by molar-refractivity contribution is 5.03. The molecule has 0 atom stereocenters. The van der Waals surface area contributed by atoms with Gasteiger partial charge < -0.3 is 5.32 Å². The molecule has 4 heteroatoms. The lowest BCUT2D eigenvalue weighted by Gasteiger charge is -2.13. The van der Waals surface area contributed by atoms with Crippen molar-refractivity contribution in [2.75, 3.05) is 13.6 Å². The van der Waals surface area contributed by atoms with Crippen molar-refractivity contribution >= 4 is 0 Å². The van der Waals surface area contributed by atoms with Crippen LogP contribution in [-0.2, 0) is 13.0 Å². The molecule has 0 amide bonds. The Morgan fingerprint density at radius 1 is 1.57 bits per heavy atom. The molecule has 1 aromatic rings. The van der Waals surface area contributed by atoms with Gasteiger partial charge in [-0.15, -0.1) is 0 Å². The molecule has 2 rings (SSSR count). The zero-order valence-corrected chi connectivity index (χ0v) is 8.95. The summed E-state index contributed by atoms with van der Waals surface area (Å²) in [6, 6.07) is 0. The number of hydrogen-bond donors (Lipinski definition) is 1. The van der Waals surface area contributed by atoms with Crippen LogP contribution in [0.5, 0.6) is 0 Å². The van der Waals surface area contributed by atoms with Gasteiger partial charge in [0.15, 0.2) is 0 Å². The molecule has 1 aliphatic rings. The molecule has 1 aromatic heterocycles. The van der Waals surface area contributed by atoms with Gasteiger partial charge in [-0.05, 0) is 32.2 Å². The second kappa shape index (κ2) is 3.69. The van der Waals surface area contributed by atoms with Crippen molar-refractivity contribution in [1.29, 1.82) is 0 Å². The molecule has 0 bridgehead atoms. The minimum atomic E-state index is 0.481. The molecular weight excluding hydrogens is 176 g/mol. The van der Waals surface area contributed by atoms with E-state index in [1.165, 1.54) is 12.8 Å². The Morgan fingerprint density at radius 2 is 2.36 bits per heavy atom. The summed E-state index contributed by atoms with van der Waals surface area (Å²) >= 11 is 0. The Kier molecular flexibility index (Phi) is 2.54. The van der Waals surface area contributed by atoms with E-state index in [1.54, 1.807) is 6.33 Å². The van der Waals surface area contributed by atoms with Crippen molar-refractivity contribution in [2.45, 2.75) is 32.7 Å². The van der Waals surface area contributed by atoms with Crippen LogP contribution < -0.4 is 5.32 Å². The lowest BCUT2D eigenvalue weighted by Crippen LogP contribution is -2.23. The highest BCUT2D eigenvalue weighted by atomic mass is 15.3. The largest absolute Gasteiger partial charge is 0.319 e. The van der Waals surface area contributed by atoms with Gasteiger partial charge >= 0.3 is 0 Å². The van der Waals surface area contributed by atoms with E-state index in [9.17, 15) is 0 Å². The molecule has 14 heavy (non-hydrogen) atoms. The molecule has 1 aliphatic carbocycles. The van der Waals surface area contributed by atoms with Crippen LogP contribution in [0.1, 0.15) is 25.6 Å². The van der Waals surface area contributed by atoms with Crippen LogP contribution in [0, 0.1) is 5.41 Å². The van der Waals surface area contributed by atoms with Gasteiger partial charge in [-0.1, -0.05) is 0 Å². The Labute approximate surface area is 84.7 Å². The summed E-state index contributed by atoms with van der Waals surface area (Å²) in [5, 5.41) is 7.45. The summed E-state index contributed by atoms with van der Waals surface area (Å²) in [5.41, 5.74) is 0.481. The van der Waals surface area contributed by atoms with Gasteiger partial charge in [0.25, 0.3) is 0 Å². The van der Waals surface area contributed by atoms with Crippen LogP contribution in [0.4, 0.5) is 0 Å². The number of rotatable bonds is 5. The third-order valence-electron chi connectivity index (χ3n) is 3.04. The number of aromatic nitrogens is 3. The molecule has 0 saturated heterocycles. The maximum atomic E-state index is 4.32. The van der Waals surface area contributed by atoms with Gasteiger partial charge in [-0.3, -0.25) is 4.68 Å². The molecule has 1 fully saturated rings. The SMILES string of the molecule is CCn1ncnc1CC1(CNC)CC1. The fourth-order valence-corrected chi connectivity index (χ4v) is 1.99. The van der Waals surface area contributed by atoms with Crippen LogP contribution in [0.15, 0.2) is 6.33 Å². The normalized spacial score (nSPS) is 18.4. The average molecular weight is 194 g/mol. The number of aryl methyl sites for hydroxylation is 1. The number of nitrogens with one attached hydrogen (secondary N) is 1. The van der Waals surface area contributed by atoms with Crippen molar-refractivity contribution in [3.05, 3.63) is 12.2 Å². The molecule has 1 heterocycles. The predicted molar refractivity (Wildman–Crippen MR) is 55.0 cm³/mol. The number of nitrogens with zero attached hydrogens (tertiary/aromatic N) is 3. The van der Waals surface area contributed by atoms with Gasteiger partial charge in [0, 0.05) is 19.5 Å². The highest BCUT2D eigenvalue weighted by Crippen LogP contribution is 2.47. The van der Waals surface area contributed by atoms with Crippen molar-refractivity contribution < 1.29 is 0 Å². The van der Waals surface area contributed by atoms with E-state index in [-0.39, 0.29) is 0 Å². The molecule has 1 N–H and O–H groups in total. The fraction of sp³-hybridized carbons (Fsp3) is 0.800. The van der Waals surface area contributed by atoms with Crippen LogP contribution >= 0.6 is 0 Å². The molecule has 0 spiro atoms. The topological polar surface area (TPSA) is 42.7 Å². The first-order valence-corrected chi connectivity index (χ1v) is 5.31. The summed E-state index contributed by atoms with van der Waals surface area (Å²) in [4.78, 5) is 4.32. The van der Waals surface area contributed by atoms with Crippen LogP contribution in [-0.4, -0.2) is 28.4 Å². The zero-order valence-electron chi connectivity index (χ0n) is 8.95. The van der Waals surface area contributed by atoms with Crippen molar-refractivity contribution in [3.63, 3.8) is 0 Å². The van der Waals surface area contributed by atoms with E-state index >= 15 is 0 Å². The Morgan fingerprint density at radius 3 is 2.93 bits per heavy atom. The monoisotopic (exact) mass is 194 g/mol.